The Morgan fingerprint density at radius 3 is 0.772 bits per heavy atom. The van der Waals surface area contributed by atoms with Gasteiger partial charge in [0.1, 0.15) is 19.3 Å². The first-order chi connectivity index (χ1) is 44.2. The minimum absolute atomic E-state index is 0.102. The molecule has 0 heterocycles. The topological polar surface area (TPSA) is 237 Å². The van der Waals surface area contributed by atoms with Gasteiger partial charge >= 0.3 is 39.5 Å². The summed E-state index contributed by atoms with van der Waals surface area (Å²) in [6, 6.07) is 0. The Morgan fingerprint density at radius 2 is 0.522 bits per heavy atom. The molecule has 0 bridgehead atoms. The third kappa shape index (κ3) is 64.1. The predicted molar refractivity (Wildman–Crippen MR) is 372 cm³/mol. The van der Waals surface area contributed by atoms with Crippen LogP contribution in [0.15, 0.2) is 0 Å². The van der Waals surface area contributed by atoms with E-state index < -0.39 is 97.5 Å². The van der Waals surface area contributed by atoms with Crippen molar-refractivity contribution < 1.29 is 80.2 Å². The zero-order chi connectivity index (χ0) is 68.2. The van der Waals surface area contributed by atoms with Crippen molar-refractivity contribution in [2.24, 2.45) is 23.7 Å². The number of aliphatic hydroxyl groups excluding tert-OH is 1. The highest BCUT2D eigenvalue weighted by Crippen LogP contribution is 2.45. The third-order valence-corrected chi connectivity index (χ3v) is 19.4. The SMILES string of the molecule is CCC(C)CCCCCCCCCCCCCCCCCCCCC(=O)O[C@H](COC(=O)CCCCCCCCCC(C)C)COP(=O)(O)OCC(O)COP(=O)(O)OC[C@@H](COC(=O)CCCCCCCCC(C)CC)OC(=O)CCCCCCCCCC(C)C. The van der Waals surface area contributed by atoms with E-state index in [1.54, 1.807) is 0 Å². The molecule has 92 heavy (non-hydrogen) atoms. The maximum Gasteiger partial charge on any atom is 0.472 e. The molecular formula is C73H142O17P2. The molecule has 0 aliphatic rings. The Balaban J connectivity index is 5.15. The highest BCUT2D eigenvalue weighted by Gasteiger charge is 2.30. The number of hydrogen-bond donors (Lipinski definition) is 3. The molecule has 0 aromatic heterocycles. The van der Waals surface area contributed by atoms with Gasteiger partial charge in [-0.3, -0.25) is 37.3 Å². The molecule has 0 aromatic rings. The Labute approximate surface area is 562 Å². The van der Waals surface area contributed by atoms with Gasteiger partial charge < -0.3 is 33.8 Å². The third-order valence-electron chi connectivity index (χ3n) is 17.5. The van der Waals surface area contributed by atoms with Gasteiger partial charge in [-0.25, -0.2) is 9.13 Å². The second kappa shape index (κ2) is 62.6. The molecule has 0 saturated heterocycles. The fourth-order valence-electron chi connectivity index (χ4n) is 11.0. The normalized spacial score (nSPS) is 14.8. The fourth-order valence-corrected chi connectivity index (χ4v) is 12.5. The van der Waals surface area contributed by atoms with Crippen molar-refractivity contribution in [2.75, 3.05) is 39.6 Å². The van der Waals surface area contributed by atoms with Gasteiger partial charge in [0, 0.05) is 25.7 Å². The van der Waals surface area contributed by atoms with Crippen molar-refractivity contribution in [1.29, 1.82) is 0 Å². The average molecular weight is 1350 g/mol. The van der Waals surface area contributed by atoms with Gasteiger partial charge in [0.25, 0.3) is 0 Å². The van der Waals surface area contributed by atoms with Crippen LogP contribution in [-0.4, -0.2) is 96.7 Å². The number of esters is 4. The van der Waals surface area contributed by atoms with Crippen LogP contribution in [0, 0.1) is 23.7 Å². The van der Waals surface area contributed by atoms with Crippen molar-refractivity contribution in [1.82, 2.24) is 0 Å². The predicted octanol–water partition coefficient (Wildman–Crippen LogP) is 20.9. The van der Waals surface area contributed by atoms with Crippen LogP contribution in [0.2, 0.25) is 0 Å². The van der Waals surface area contributed by atoms with Crippen LogP contribution >= 0.6 is 15.6 Å². The van der Waals surface area contributed by atoms with Crippen molar-refractivity contribution >= 4 is 39.5 Å². The lowest BCUT2D eigenvalue weighted by Gasteiger charge is -2.21. The molecule has 0 saturated carbocycles. The van der Waals surface area contributed by atoms with Gasteiger partial charge in [-0.05, 0) is 49.4 Å². The van der Waals surface area contributed by atoms with Crippen molar-refractivity contribution in [3.63, 3.8) is 0 Å². The highest BCUT2D eigenvalue weighted by molar-refractivity contribution is 7.47. The summed E-state index contributed by atoms with van der Waals surface area (Å²) in [5.74, 6) is 0.871. The lowest BCUT2D eigenvalue weighted by Crippen LogP contribution is -2.30. The summed E-state index contributed by atoms with van der Waals surface area (Å²) in [6.45, 7) is 14.1. The van der Waals surface area contributed by atoms with Crippen molar-refractivity contribution in [3.8, 4) is 0 Å². The largest absolute Gasteiger partial charge is 0.472 e. The van der Waals surface area contributed by atoms with E-state index in [1.807, 2.05) is 0 Å². The summed E-state index contributed by atoms with van der Waals surface area (Å²) < 4.78 is 68.3. The summed E-state index contributed by atoms with van der Waals surface area (Å²) in [5.41, 5.74) is 0. The first-order valence-electron chi connectivity index (χ1n) is 37.8. The first kappa shape index (κ1) is 90.1. The number of ether oxygens (including phenoxy) is 4. The molecule has 3 N–H and O–H groups in total. The van der Waals surface area contributed by atoms with Crippen LogP contribution in [0.3, 0.4) is 0 Å². The molecule has 17 nitrogen and oxygen atoms in total. The van der Waals surface area contributed by atoms with E-state index >= 15 is 0 Å². The van der Waals surface area contributed by atoms with E-state index in [0.29, 0.717) is 37.5 Å². The van der Waals surface area contributed by atoms with E-state index in [4.69, 9.17) is 37.0 Å². The molecule has 7 atom stereocenters. The van der Waals surface area contributed by atoms with Crippen LogP contribution in [-0.2, 0) is 65.4 Å². The van der Waals surface area contributed by atoms with E-state index in [1.165, 1.54) is 154 Å². The van der Waals surface area contributed by atoms with Crippen LogP contribution in [0.5, 0.6) is 0 Å². The quantitative estimate of drug-likeness (QED) is 0.0222. The number of carbonyl (C=O) groups excluding carboxylic acids is 4. The lowest BCUT2D eigenvalue weighted by atomic mass is 9.99. The number of hydrogen-bond acceptors (Lipinski definition) is 15. The lowest BCUT2D eigenvalue weighted by molar-refractivity contribution is -0.161. The zero-order valence-electron chi connectivity index (χ0n) is 60.2. The van der Waals surface area contributed by atoms with E-state index in [9.17, 15) is 43.2 Å². The number of phosphoric acid groups is 2. The molecule has 0 rings (SSSR count). The zero-order valence-corrected chi connectivity index (χ0v) is 62.0. The Kier molecular flexibility index (Phi) is 61.3. The summed E-state index contributed by atoms with van der Waals surface area (Å²) in [4.78, 5) is 72.5. The Hall–Kier alpha value is -1.94. The van der Waals surface area contributed by atoms with Gasteiger partial charge in [0.2, 0.25) is 0 Å². The standard InChI is InChI=1S/C73H142O17P2/c1-9-65(7)51-43-35-27-21-19-17-15-13-11-12-14-16-18-20-22-28-39-47-55-72(77)89-68(59-83-70(75)53-45-37-29-23-25-33-41-49-63(3)4)61-87-91(79,80)85-57-67(74)58-86-92(81,82)88-62-69(90-73(78)56-48-40-30-24-26-34-42-50-64(5)6)60-84-71(76)54-46-38-32-31-36-44-52-66(8)10-2/h63-69,74H,9-62H2,1-8H3,(H,79,80)(H,81,82)/t65?,66?,67?,68-,69-/m1/s1. The molecule has 0 aliphatic heterocycles. The molecule has 19 heteroatoms. The van der Waals surface area contributed by atoms with Crippen LogP contribution in [0.4, 0.5) is 0 Å². The average Bonchev–Trinajstić information content (AvgIpc) is 2.26. The second-order valence-corrected chi connectivity index (χ2v) is 30.7. The molecular weight excluding hydrogens is 1210 g/mol. The molecule has 0 amide bonds. The molecule has 5 unspecified atom stereocenters. The van der Waals surface area contributed by atoms with Gasteiger partial charge in [0.05, 0.1) is 26.4 Å². The number of phosphoric ester groups is 2. The van der Waals surface area contributed by atoms with Gasteiger partial charge in [0.15, 0.2) is 12.2 Å². The second-order valence-electron chi connectivity index (χ2n) is 27.8. The molecule has 0 spiro atoms. The molecule has 0 aromatic carbocycles. The Morgan fingerprint density at radius 1 is 0.304 bits per heavy atom. The molecule has 0 radical (unpaired) electrons. The van der Waals surface area contributed by atoms with E-state index in [0.717, 1.165) is 115 Å². The first-order valence-corrected chi connectivity index (χ1v) is 40.8. The summed E-state index contributed by atoms with van der Waals surface area (Å²) in [5, 5.41) is 10.6. The summed E-state index contributed by atoms with van der Waals surface area (Å²) in [6.07, 6.45) is 46.2. The van der Waals surface area contributed by atoms with Gasteiger partial charge in [-0.15, -0.1) is 0 Å². The fraction of sp³-hybridized carbons (Fsp3) is 0.945. The van der Waals surface area contributed by atoms with Gasteiger partial charge in [-0.2, -0.15) is 0 Å². The number of carbonyl (C=O) groups is 4. The van der Waals surface area contributed by atoms with Crippen LogP contribution in [0.25, 0.3) is 0 Å². The number of aliphatic hydroxyl groups is 1. The van der Waals surface area contributed by atoms with Gasteiger partial charge in [-0.1, -0.05) is 312 Å². The smallest absolute Gasteiger partial charge is 0.462 e. The minimum Gasteiger partial charge on any atom is -0.462 e. The monoisotopic (exact) mass is 1350 g/mol. The highest BCUT2D eigenvalue weighted by atomic mass is 31.2. The number of rotatable bonds is 70. The van der Waals surface area contributed by atoms with E-state index in [-0.39, 0.29) is 25.7 Å². The van der Waals surface area contributed by atoms with E-state index in [2.05, 4.69) is 55.4 Å². The van der Waals surface area contributed by atoms with Crippen molar-refractivity contribution in [2.45, 2.75) is 382 Å². The maximum atomic E-state index is 13.0. The molecule has 0 aliphatic carbocycles. The minimum atomic E-state index is -4.95. The summed E-state index contributed by atoms with van der Waals surface area (Å²) >= 11 is 0. The van der Waals surface area contributed by atoms with Crippen LogP contribution in [0.1, 0.15) is 364 Å². The maximum absolute atomic E-state index is 13.0. The summed E-state index contributed by atoms with van der Waals surface area (Å²) in [7, 11) is -9.90. The number of unbranched alkanes of at least 4 members (excludes halogenated alkanes) is 34. The van der Waals surface area contributed by atoms with Crippen molar-refractivity contribution in [3.05, 3.63) is 0 Å². The Bertz CT molecular complexity index is 1820. The molecule has 0 fully saturated rings. The molecule has 546 valence electrons. The van der Waals surface area contributed by atoms with Crippen LogP contribution < -0.4 is 0 Å².